The van der Waals surface area contributed by atoms with Crippen LogP contribution in [0.15, 0.2) is 47.9 Å². The second-order valence-electron chi connectivity index (χ2n) is 8.86. The number of nitrogens with zero attached hydrogens (tertiary/aromatic N) is 2. The highest BCUT2D eigenvalue weighted by atomic mass is 16.5. The summed E-state index contributed by atoms with van der Waals surface area (Å²) in [4.78, 5) is 30.8. The Kier molecular flexibility index (Phi) is 7.25. The van der Waals surface area contributed by atoms with Crippen LogP contribution in [0.1, 0.15) is 74.1 Å². The van der Waals surface area contributed by atoms with E-state index in [2.05, 4.69) is 37.5 Å². The van der Waals surface area contributed by atoms with Gasteiger partial charge in [0.2, 0.25) is 23.1 Å². The van der Waals surface area contributed by atoms with E-state index in [1.807, 2.05) is 24.3 Å². The highest BCUT2D eigenvalue weighted by molar-refractivity contribution is 6.21. The van der Waals surface area contributed by atoms with E-state index >= 15 is 0 Å². The SMILES string of the molecule is CCCN(CCC)c1ccc2c(c1)OC(=C1Oc3cc(N(CCC)CCC)ccc3C1=O)C2=O. The summed E-state index contributed by atoms with van der Waals surface area (Å²) in [5, 5.41) is 0. The number of hydrogen-bond acceptors (Lipinski definition) is 6. The quantitative estimate of drug-likeness (QED) is 0.404. The Balaban J connectivity index is 1.62. The Bertz CT molecular complexity index is 1020. The van der Waals surface area contributed by atoms with Crippen LogP contribution in [-0.2, 0) is 0 Å². The van der Waals surface area contributed by atoms with E-state index in [1.54, 1.807) is 12.1 Å². The Labute approximate surface area is 202 Å². The third kappa shape index (κ3) is 4.41. The number of fused-ring (bicyclic) bond motifs is 2. The standard InChI is InChI=1S/C28H34N2O4/c1-5-13-29(14-6-2)19-9-11-21-23(17-19)33-27(25(21)31)28-26(32)22-12-10-20(18-24(22)34-28)30(15-7-3)16-8-4/h9-12,17-18H,5-8,13-16H2,1-4H3. The highest BCUT2D eigenvalue weighted by Gasteiger charge is 2.39. The summed E-state index contributed by atoms with van der Waals surface area (Å²) in [6.45, 7) is 12.3. The fourth-order valence-corrected chi connectivity index (χ4v) is 4.64. The van der Waals surface area contributed by atoms with Crippen molar-refractivity contribution in [2.75, 3.05) is 36.0 Å². The number of rotatable bonds is 10. The van der Waals surface area contributed by atoms with Crippen molar-refractivity contribution in [1.82, 2.24) is 0 Å². The molecular formula is C28H34N2O4. The Morgan fingerprint density at radius 1 is 0.588 bits per heavy atom. The van der Waals surface area contributed by atoms with Gasteiger partial charge in [-0.15, -0.1) is 0 Å². The van der Waals surface area contributed by atoms with Crippen LogP contribution in [-0.4, -0.2) is 37.7 Å². The van der Waals surface area contributed by atoms with Crippen molar-refractivity contribution in [3.63, 3.8) is 0 Å². The van der Waals surface area contributed by atoms with Crippen LogP contribution in [0.2, 0.25) is 0 Å². The summed E-state index contributed by atoms with van der Waals surface area (Å²) in [6.07, 6.45) is 4.12. The van der Waals surface area contributed by atoms with Gasteiger partial charge < -0.3 is 19.3 Å². The molecule has 180 valence electrons. The predicted octanol–water partition coefficient (Wildman–Crippen LogP) is 6.00. The number of hydrogen-bond donors (Lipinski definition) is 0. The minimum absolute atomic E-state index is 0.0218. The first-order valence-corrected chi connectivity index (χ1v) is 12.5. The van der Waals surface area contributed by atoms with Gasteiger partial charge in [-0.1, -0.05) is 27.7 Å². The van der Waals surface area contributed by atoms with E-state index in [-0.39, 0.29) is 23.1 Å². The summed E-state index contributed by atoms with van der Waals surface area (Å²) >= 11 is 0. The third-order valence-electron chi connectivity index (χ3n) is 6.17. The van der Waals surface area contributed by atoms with Crippen LogP contribution in [0.25, 0.3) is 0 Å². The summed E-state index contributed by atoms with van der Waals surface area (Å²) < 4.78 is 11.9. The molecule has 0 fully saturated rings. The van der Waals surface area contributed by atoms with Gasteiger partial charge in [-0.05, 0) is 49.9 Å². The van der Waals surface area contributed by atoms with Gasteiger partial charge in [0.05, 0.1) is 11.1 Å². The Hall–Kier alpha value is -3.28. The first-order valence-electron chi connectivity index (χ1n) is 12.5. The van der Waals surface area contributed by atoms with Crippen molar-refractivity contribution >= 4 is 22.9 Å². The minimum atomic E-state index is -0.311. The van der Waals surface area contributed by atoms with Gasteiger partial charge in [0.25, 0.3) is 0 Å². The molecule has 0 aromatic heterocycles. The minimum Gasteiger partial charge on any atom is -0.448 e. The van der Waals surface area contributed by atoms with Crippen molar-refractivity contribution in [2.45, 2.75) is 53.4 Å². The lowest BCUT2D eigenvalue weighted by atomic mass is 10.1. The molecular weight excluding hydrogens is 428 g/mol. The van der Waals surface area contributed by atoms with Crippen LogP contribution in [0, 0.1) is 0 Å². The van der Waals surface area contributed by atoms with E-state index in [0.717, 1.165) is 63.2 Å². The average Bonchev–Trinajstić information content (AvgIpc) is 3.34. The van der Waals surface area contributed by atoms with Crippen LogP contribution in [0.5, 0.6) is 11.5 Å². The maximum atomic E-state index is 13.1. The monoisotopic (exact) mass is 462 g/mol. The lowest BCUT2D eigenvalue weighted by Crippen LogP contribution is -2.24. The zero-order valence-electron chi connectivity index (χ0n) is 20.6. The van der Waals surface area contributed by atoms with Gasteiger partial charge >= 0.3 is 0 Å². The number of Topliss-reactive ketones (excluding diaryl/α,β-unsaturated/α-hetero) is 2. The van der Waals surface area contributed by atoms with E-state index in [1.165, 1.54) is 0 Å². The molecule has 0 N–H and O–H groups in total. The predicted molar refractivity (Wildman–Crippen MR) is 135 cm³/mol. The van der Waals surface area contributed by atoms with E-state index < -0.39 is 0 Å². The molecule has 6 nitrogen and oxygen atoms in total. The van der Waals surface area contributed by atoms with Gasteiger partial charge in [0, 0.05) is 49.7 Å². The van der Waals surface area contributed by atoms with Gasteiger partial charge in [0.15, 0.2) is 0 Å². The normalized spacial score (nSPS) is 16.2. The van der Waals surface area contributed by atoms with Gasteiger partial charge in [-0.25, -0.2) is 0 Å². The van der Waals surface area contributed by atoms with Crippen LogP contribution < -0.4 is 19.3 Å². The fourth-order valence-electron chi connectivity index (χ4n) is 4.64. The summed E-state index contributed by atoms with van der Waals surface area (Å²) in [7, 11) is 0. The first-order chi connectivity index (χ1) is 16.5. The lowest BCUT2D eigenvalue weighted by molar-refractivity contribution is 0.0960. The summed E-state index contributed by atoms with van der Waals surface area (Å²) in [6, 6.07) is 11.3. The molecule has 2 aliphatic heterocycles. The van der Waals surface area contributed by atoms with Crippen molar-refractivity contribution in [3.05, 3.63) is 59.0 Å². The molecule has 0 radical (unpaired) electrons. The van der Waals surface area contributed by atoms with Gasteiger partial charge in [-0.3, -0.25) is 9.59 Å². The average molecular weight is 463 g/mol. The van der Waals surface area contributed by atoms with Crippen LogP contribution >= 0.6 is 0 Å². The van der Waals surface area contributed by atoms with E-state index in [0.29, 0.717) is 22.6 Å². The topological polar surface area (TPSA) is 59.1 Å². The van der Waals surface area contributed by atoms with Crippen LogP contribution in [0.4, 0.5) is 11.4 Å². The molecule has 0 spiro atoms. The third-order valence-corrected chi connectivity index (χ3v) is 6.17. The van der Waals surface area contributed by atoms with Gasteiger partial charge in [0.1, 0.15) is 11.5 Å². The smallest absolute Gasteiger partial charge is 0.236 e. The summed E-state index contributed by atoms with van der Waals surface area (Å²) in [5.74, 6) is 0.292. The molecule has 0 bridgehead atoms. The number of ether oxygens (including phenoxy) is 2. The molecule has 0 aliphatic carbocycles. The number of carbonyl (C=O) groups is 2. The maximum Gasteiger partial charge on any atom is 0.236 e. The highest BCUT2D eigenvalue weighted by Crippen LogP contribution is 2.40. The molecule has 2 aliphatic rings. The number of benzene rings is 2. The molecule has 2 heterocycles. The molecule has 4 rings (SSSR count). The Morgan fingerprint density at radius 2 is 0.941 bits per heavy atom. The second-order valence-corrected chi connectivity index (χ2v) is 8.86. The molecule has 2 aromatic carbocycles. The molecule has 0 saturated carbocycles. The number of allylic oxidation sites excluding steroid dienone is 2. The van der Waals surface area contributed by atoms with Crippen LogP contribution in [0.3, 0.4) is 0 Å². The molecule has 2 aromatic rings. The van der Waals surface area contributed by atoms with Gasteiger partial charge in [-0.2, -0.15) is 0 Å². The number of carbonyl (C=O) groups excluding carboxylic acids is 2. The van der Waals surface area contributed by atoms with Crippen molar-refractivity contribution in [3.8, 4) is 11.5 Å². The molecule has 0 unspecified atom stereocenters. The van der Waals surface area contributed by atoms with Crippen molar-refractivity contribution < 1.29 is 19.1 Å². The van der Waals surface area contributed by atoms with E-state index in [9.17, 15) is 9.59 Å². The molecule has 6 heteroatoms. The zero-order chi connectivity index (χ0) is 24.2. The summed E-state index contributed by atoms with van der Waals surface area (Å²) in [5.41, 5.74) is 2.95. The number of ketones is 2. The first kappa shape index (κ1) is 23.9. The second kappa shape index (κ2) is 10.3. The van der Waals surface area contributed by atoms with E-state index in [4.69, 9.17) is 9.47 Å². The molecule has 34 heavy (non-hydrogen) atoms. The fraction of sp³-hybridized carbons (Fsp3) is 0.429. The maximum absolute atomic E-state index is 13.1. The van der Waals surface area contributed by atoms with Crippen molar-refractivity contribution in [1.29, 1.82) is 0 Å². The Morgan fingerprint density at radius 3 is 1.26 bits per heavy atom. The number of anilines is 2. The molecule has 0 atom stereocenters. The molecule has 0 amide bonds. The largest absolute Gasteiger partial charge is 0.448 e. The molecule has 0 saturated heterocycles. The van der Waals surface area contributed by atoms with Crippen molar-refractivity contribution in [2.24, 2.45) is 0 Å². The zero-order valence-corrected chi connectivity index (χ0v) is 20.6. The lowest BCUT2D eigenvalue weighted by Gasteiger charge is -2.24.